The van der Waals surface area contributed by atoms with Crippen molar-refractivity contribution in [3.05, 3.63) is 18.2 Å². The molecule has 0 amide bonds. The van der Waals surface area contributed by atoms with Crippen molar-refractivity contribution >= 4 is 8.32 Å². The Morgan fingerprint density at radius 3 is 1.73 bits per heavy atom. The summed E-state index contributed by atoms with van der Waals surface area (Å²) >= 11 is 0. The summed E-state index contributed by atoms with van der Waals surface area (Å²) in [6.45, 7) is 6.37. The summed E-state index contributed by atoms with van der Waals surface area (Å²) in [5, 5.41) is 0. The van der Waals surface area contributed by atoms with Gasteiger partial charge in [0.15, 0.2) is 17.2 Å². The second kappa shape index (κ2) is 4.57. The highest BCUT2D eigenvalue weighted by Gasteiger charge is 2.21. The van der Waals surface area contributed by atoms with Crippen LogP contribution in [0, 0.1) is 0 Å². The third-order valence-electron chi connectivity index (χ3n) is 1.79. The van der Waals surface area contributed by atoms with E-state index in [0.717, 1.165) is 11.5 Å². The number of rotatable bonds is 4. The third-order valence-corrected chi connectivity index (χ3v) is 2.61. The molecule has 4 heteroatoms. The summed E-state index contributed by atoms with van der Waals surface area (Å²) in [6.07, 6.45) is 0. The first-order valence-corrected chi connectivity index (χ1v) is 8.29. The quantitative estimate of drug-likeness (QED) is 0.739. The van der Waals surface area contributed by atoms with E-state index >= 15 is 0 Å². The molecule has 0 saturated carbocycles. The van der Waals surface area contributed by atoms with E-state index in [2.05, 4.69) is 19.6 Å². The Morgan fingerprint density at radius 1 is 0.933 bits per heavy atom. The minimum absolute atomic E-state index is 0.710. The molecule has 0 aliphatic rings. The van der Waals surface area contributed by atoms with Gasteiger partial charge in [-0.05, 0) is 31.8 Å². The van der Waals surface area contributed by atoms with Crippen LogP contribution in [0.3, 0.4) is 0 Å². The Kier molecular flexibility index (Phi) is 3.63. The van der Waals surface area contributed by atoms with Crippen LogP contribution in [0.5, 0.6) is 17.2 Å². The van der Waals surface area contributed by atoms with E-state index in [9.17, 15) is 0 Å². The van der Waals surface area contributed by atoms with E-state index in [0.29, 0.717) is 5.75 Å². The second-order valence-corrected chi connectivity index (χ2v) is 8.63. The van der Waals surface area contributed by atoms with Crippen molar-refractivity contribution in [2.75, 3.05) is 14.2 Å². The molecule has 0 N–H and O–H groups in total. The third kappa shape index (κ3) is 3.16. The minimum Gasteiger partial charge on any atom is -0.539 e. The summed E-state index contributed by atoms with van der Waals surface area (Å²) in [5.74, 6) is 2.15. The fourth-order valence-corrected chi connectivity index (χ4v) is 2.04. The average Bonchev–Trinajstić information content (AvgIpc) is 2.16. The lowest BCUT2D eigenvalue weighted by Gasteiger charge is -2.22. The molecule has 0 bridgehead atoms. The second-order valence-electron chi connectivity index (χ2n) is 4.21. The van der Waals surface area contributed by atoms with Gasteiger partial charge in [0.2, 0.25) is 8.32 Å². The Hall–Kier alpha value is -1.16. The van der Waals surface area contributed by atoms with Gasteiger partial charge in [0, 0.05) is 0 Å². The largest absolute Gasteiger partial charge is 0.539 e. The van der Waals surface area contributed by atoms with Crippen molar-refractivity contribution in [3.63, 3.8) is 0 Å². The summed E-state index contributed by atoms with van der Waals surface area (Å²) in [7, 11) is 1.61. The predicted octanol–water partition coefficient (Wildman–Crippen LogP) is 2.92. The molecule has 0 aromatic heterocycles. The van der Waals surface area contributed by atoms with Gasteiger partial charge in [0.05, 0.1) is 14.2 Å². The number of hydrogen-bond donors (Lipinski definition) is 0. The number of benzene rings is 1. The van der Waals surface area contributed by atoms with Crippen molar-refractivity contribution in [3.8, 4) is 17.2 Å². The van der Waals surface area contributed by atoms with E-state index in [1.807, 2.05) is 18.2 Å². The fourth-order valence-electron chi connectivity index (χ4n) is 1.22. The van der Waals surface area contributed by atoms with E-state index in [1.165, 1.54) is 0 Å². The van der Waals surface area contributed by atoms with Crippen LogP contribution in [0.4, 0.5) is 0 Å². The van der Waals surface area contributed by atoms with Crippen molar-refractivity contribution in [2.24, 2.45) is 0 Å². The summed E-state index contributed by atoms with van der Waals surface area (Å²) in [6, 6.07) is 5.63. The number of hydrogen-bond acceptors (Lipinski definition) is 3. The molecule has 0 heterocycles. The maximum atomic E-state index is 5.93. The van der Waals surface area contributed by atoms with Gasteiger partial charge < -0.3 is 13.9 Å². The van der Waals surface area contributed by atoms with Crippen LogP contribution in [0.15, 0.2) is 18.2 Å². The number of ether oxygens (including phenoxy) is 2. The lowest BCUT2D eigenvalue weighted by molar-refractivity contribution is 0.361. The van der Waals surface area contributed by atoms with Crippen LogP contribution in [-0.4, -0.2) is 22.5 Å². The van der Waals surface area contributed by atoms with Gasteiger partial charge >= 0.3 is 0 Å². The van der Waals surface area contributed by atoms with Gasteiger partial charge in [0.1, 0.15) is 0 Å². The monoisotopic (exact) mass is 226 g/mol. The van der Waals surface area contributed by atoms with E-state index < -0.39 is 8.32 Å². The first kappa shape index (κ1) is 11.9. The molecule has 0 fully saturated rings. The first-order chi connectivity index (χ1) is 6.98. The molecule has 1 rings (SSSR count). The molecule has 15 heavy (non-hydrogen) atoms. The normalized spacial score (nSPS) is 11.0. The summed E-state index contributed by atoms with van der Waals surface area (Å²) in [5.41, 5.74) is 0. The molecule has 0 spiro atoms. The zero-order valence-electron chi connectivity index (χ0n) is 9.96. The Bertz CT molecular complexity index is 309. The van der Waals surface area contributed by atoms with Crippen LogP contribution in [0.25, 0.3) is 0 Å². The smallest absolute Gasteiger partial charge is 0.242 e. The van der Waals surface area contributed by atoms with Gasteiger partial charge in [-0.25, -0.2) is 0 Å². The number of para-hydroxylation sites is 1. The van der Waals surface area contributed by atoms with Crippen LogP contribution in [0.1, 0.15) is 0 Å². The fraction of sp³-hybridized carbons (Fsp3) is 0.455. The van der Waals surface area contributed by atoms with Crippen LogP contribution < -0.4 is 13.9 Å². The molecule has 0 saturated heterocycles. The molecule has 0 radical (unpaired) electrons. The molecule has 1 aromatic rings. The van der Waals surface area contributed by atoms with Crippen molar-refractivity contribution in [2.45, 2.75) is 19.6 Å². The number of methoxy groups -OCH3 is 2. The SMILES string of the molecule is COc1cccc(OC)c1O[Si](C)(C)C. The highest BCUT2D eigenvalue weighted by atomic mass is 28.4. The maximum Gasteiger partial charge on any atom is 0.242 e. The molecular formula is C11H18O3Si. The zero-order chi connectivity index (χ0) is 11.5. The molecule has 0 unspecified atom stereocenters. The van der Waals surface area contributed by atoms with E-state index in [-0.39, 0.29) is 0 Å². The highest BCUT2D eigenvalue weighted by Crippen LogP contribution is 2.38. The molecule has 84 valence electrons. The van der Waals surface area contributed by atoms with Crippen LogP contribution in [-0.2, 0) is 0 Å². The summed E-state index contributed by atoms with van der Waals surface area (Å²) < 4.78 is 16.4. The highest BCUT2D eigenvalue weighted by molar-refractivity contribution is 6.70. The van der Waals surface area contributed by atoms with Gasteiger partial charge in [0.25, 0.3) is 0 Å². The molecule has 1 aromatic carbocycles. The van der Waals surface area contributed by atoms with Crippen LogP contribution >= 0.6 is 0 Å². The molecular weight excluding hydrogens is 208 g/mol. The zero-order valence-corrected chi connectivity index (χ0v) is 11.0. The Balaban J connectivity index is 3.11. The van der Waals surface area contributed by atoms with Crippen molar-refractivity contribution < 1.29 is 13.9 Å². The predicted molar refractivity (Wildman–Crippen MR) is 63.5 cm³/mol. The van der Waals surface area contributed by atoms with Gasteiger partial charge in [-0.1, -0.05) is 6.07 Å². The van der Waals surface area contributed by atoms with E-state index in [4.69, 9.17) is 13.9 Å². The Morgan fingerprint density at radius 2 is 1.40 bits per heavy atom. The lowest BCUT2D eigenvalue weighted by Crippen LogP contribution is -2.29. The van der Waals surface area contributed by atoms with Gasteiger partial charge in [-0.2, -0.15) is 0 Å². The van der Waals surface area contributed by atoms with E-state index in [1.54, 1.807) is 14.2 Å². The standard InChI is InChI=1S/C11H18O3Si/c1-12-9-7-6-8-10(13-2)11(9)14-15(3,4)5/h6-8H,1-5H3. The minimum atomic E-state index is -1.65. The van der Waals surface area contributed by atoms with Crippen molar-refractivity contribution in [1.82, 2.24) is 0 Å². The molecule has 3 nitrogen and oxygen atoms in total. The van der Waals surface area contributed by atoms with Crippen LogP contribution in [0.2, 0.25) is 19.6 Å². The maximum absolute atomic E-state index is 5.93. The topological polar surface area (TPSA) is 27.7 Å². The summed E-state index contributed by atoms with van der Waals surface area (Å²) in [4.78, 5) is 0. The lowest BCUT2D eigenvalue weighted by atomic mass is 10.3. The Labute approximate surface area is 92.1 Å². The molecule has 0 aliphatic heterocycles. The van der Waals surface area contributed by atoms with Gasteiger partial charge in [-0.3, -0.25) is 0 Å². The average molecular weight is 226 g/mol. The van der Waals surface area contributed by atoms with Crippen molar-refractivity contribution in [1.29, 1.82) is 0 Å². The molecule has 0 aliphatic carbocycles. The molecule has 0 atom stereocenters. The first-order valence-electron chi connectivity index (χ1n) is 4.88. The van der Waals surface area contributed by atoms with Gasteiger partial charge in [-0.15, -0.1) is 0 Å².